The van der Waals surface area contributed by atoms with Gasteiger partial charge in [-0.1, -0.05) is 0 Å². The molecule has 0 aromatic carbocycles. The Morgan fingerprint density at radius 1 is 0.211 bits per heavy atom. The zero-order chi connectivity index (χ0) is 32.0. The standard InChI is InChI=1S/C12F25.Sb/c13-1(14)2(15,16)3(17,18)4(19,20)5(21,22)6(23,24)7(25,26)8(27,28)9(29,30)10(31,32)11(33,34)12(35,36)37;. The Morgan fingerprint density at radius 3 is 0.474 bits per heavy atom. The summed E-state index contributed by atoms with van der Waals surface area (Å²) in [6.45, 7) is 0. The fraction of sp³-hybridized carbons (Fsp3) is 1.00. The van der Waals surface area contributed by atoms with E-state index in [0.29, 0.717) is 0 Å². The molecule has 2 radical (unpaired) electrons. The first kappa shape index (κ1) is 37.1. The number of hydrogen-bond donors (Lipinski definition) is 0. The van der Waals surface area contributed by atoms with Crippen molar-refractivity contribution >= 4 is 23.0 Å². The van der Waals surface area contributed by atoms with Crippen molar-refractivity contribution in [1.82, 2.24) is 0 Å². The second kappa shape index (κ2) is 8.78. The summed E-state index contributed by atoms with van der Waals surface area (Å²) in [6.07, 6.45) is -8.15. The molecule has 0 N–H and O–H groups in total. The quantitative estimate of drug-likeness (QED) is 0.160. The van der Waals surface area contributed by atoms with Gasteiger partial charge >= 0.3 is 189 Å². The van der Waals surface area contributed by atoms with Gasteiger partial charge in [-0.2, -0.15) is 13.2 Å². The molecule has 0 fully saturated rings. The van der Waals surface area contributed by atoms with E-state index < -0.39 is 92.3 Å². The van der Waals surface area contributed by atoms with E-state index in [-0.39, 0.29) is 0 Å². The molecule has 0 heterocycles. The number of rotatable bonds is 10. The molecule has 0 saturated heterocycles. The van der Waals surface area contributed by atoms with Gasteiger partial charge in [-0.3, -0.25) is 0 Å². The molecule has 0 nitrogen and oxygen atoms in total. The average molecular weight is 741 g/mol. The van der Waals surface area contributed by atoms with Crippen LogP contribution < -0.4 is 0 Å². The van der Waals surface area contributed by atoms with Crippen LogP contribution in [0.4, 0.5) is 110 Å². The Labute approximate surface area is 203 Å². The molecule has 38 heavy (non-hydrogen) atoms. The summed E-state index contributed by atoms with van der Waals surface area (Å²) in [6, 6.07) is 0. The molecule has 0 aliphatic rings. The van der Waals surface area contributed by atoms with Gasteiger partial charge in [0.1, 0.15) is 0 Å². The van der Waals surface area contributed by atoms with Crippen LogP contribution in [0.15, 0.2) is 0 Å². The molecule has 0 bridgehead atoms. The van der Waals surface area contributed by atoms with Crippen LogP contribution in [0.2, 0.25) is 0 Å². The first-order valence-corrected chi connectivity index (χ1v) is 8.97. The van der Waals surface area contributed by atoms with Crippen molar-refractivity contribution < 1.29 is 110 Å². The molecule has 0 unspecified atom stereocenters. The van der Waals surface area contributed by atoms with E-state index in [0.717, 1.165) is 0 Å². The molecule has 0 aromatic heterocycles. The molecule has 0 saturated carbocycles. The molecule has 0 atom stereocenters. The van der Waals surface area contributed by atoms with Gasteiger partial charge in [0.05, 0.1) is 0 Å². The van der Waals surface area contributed by atoms with Crippen molar-refractivity contribution in [3.8, 4) is 0 Å². The Kier molecular flexibility index (Phi) is 8.57. The summed E-state index contributed by atoms with van der Waals surface area (Å²) in [5, 5.41) is 0. The molecule has 0 amide bonds. The second-order valence-corrected chi connectivity index (χ2v) is 8.39. The summed E-state index contributed by atoms with van der Waals surface area (Å²) >= 11 is -1.96. The van der Waals surface area contributed by atoms with E-state index in [4.69, 9.17) is 0 Å². The predicted molar refractivity (Wildman–Crippen MR) is 66.2 cm³/mol. The van der Waals surface area contributed by atoms with Crippen molar-refractivity contribution in [2.75, 3.05) is 0 Å². The van der Waals surface area contributed by atoms with Gasteiger partial charge in [-0.15, -0.1) is 0 Å². The van der Waals surface area contributed by atoms with E-state index in [9.17, 15) is 110 Å². The minimum atomic E-state index is -9.55. The van der Waals surface area contributed by atoms with E-state index in [1.807, 2.05) is 0 Å². The summed E-state index contributed by atoms with van der Waals surface area (Å²) in [5.41, 5.74) is 0. The molecular weight excluding hydrogens is 741 g/mol. The normalized spacial score (nSPS) is 17.2. The summed E-state index contributed by atoms with van der Waals surface area (Å²) in [4.78, 5) is 0. The van der Waals surface area contributed by atoms with Crippen molar-refractivity contribution in [3.05, 3.63) is 0 Å². The van der Waals surface area contributed by atoms with Crippen LogP contribution in [0.3, 0.4) is 0 Å². The van der Waals surface area contributed by atoms with Gasteiger partial charge in [0.2, 0.25) is 0 Å². The Hall–Kier alpha value is -0.932. The second-order valence-electron chi connectivity index (χ2n) is 6.78. The Balaban J connectivity index is 7.29. The number of halogens is 25. The summed E-state index contributed by atoms with van der Waals surface area (Å²) < 4.78 is 318. The first-order valence-electron chi connectivity index (χ1n) is 7.70. The molecular formula is C12F25Sb. The van der Waals surface area contributed by atoms with Gasteiger partial charge < -0.3 is 0 Å². The zero-order valence-corrected chi connectivity index (χ0v) is 18.4. The van der Waals surface area contributed by atoms with Crippen LogP contribution >= 0.6 is 0 Å². The van der Waals surface area contributed by atoms with Crippen molar-refractivity contribution in [2.45, 2.75) is 69.3 Å². The van der Waals surface area contributed by atoms with Crippen LogP contribution in [-0.4, -0.2) is 92.3 Å². The van der Waals surface area contributed by atoms with Crippen molar-refractivity contribution in [3.63, 3.8) is 0 Å². The van der Waals surface area contributed by atoms with Crippen LogP contribution in [0.5, 0.6) is 0 Å². The van der Waals surface area contributed by atoms with Crippen LogP contribution in [0.25, 0.3) is 0 Å². The maximum absolute atomic E-state index is 13.4. The van der Waals surface area contributed by atoms with Crippen LogP contribution in [0, 0.1) is 0 Å². The molecule has 0 aliphatic heterocycles. The molecule has 0 aliphatic carbocycles. The van der Waals surface area contributed by atoms with Crippen LogP contribution in [0.1, 0.15) is 0 Å². The van der Waals surface area contributed by atoms with Gasteiger partial charge in [-0.25, -0.2) is 0 Å². The minimum absolute atomic E-state index is 1.96. The fourth-order valence-electron chi connectivity index (χ4n) is 1.94. The van der Waals surface area contributed by atoms with Crippen molar-refractivity contribution in [2.24, 2.45) is 0 Å². The third kappa shape index (κ3) is 4.23. The SMILES string of the molecule is FC(F)(F)C(F)(F)C(F)(F)C(F)(F)C(F)(F)C(F)(F)C(F)(F)C(F)(F)C(F)(F)C(F)(F)C(F)(F)[C](F)(F)[Sb]. The van der Waals surface area contributed by atoms with Gasteiger partial charge in [-0.05, 0) is 0 Å². The van der Waals surface area contributed by atoms with Gasteiger partial charge in [0, 0.05) is 0 Å². The summed E-state index contributed by atoms with van der Waals surface area (Å²) in [7, 11) is 0. The summed E-state index contributed by atoms with van der Waals surface area (Å²) in [5.74, 6) is -90.8. The molecule has 0 rings (SSSR count). The molecule has 228 valence electrons. The third-order valence-corrected chi connectivity index (χ3v) is 5.08. The Bertz CT molecular complexity index is 798. The number of hydrogen-bond acceptors (Lipinski definition) is 0. The molecule has 26 heteroatoms. The maximum atomic E-state index is 13.4. The van der Waals surface area contributed by atoms with Crippen LogP contribution in [-0.2, 0) is 0 Å². The first-order chi connectivity index (χ1) is 15.8. The fourth-order valence-corrected chi connectivity index (χ4v) is 2.35. The van der Waals surface area contributed by atoms with E-state index in [1.165, 1.54) is 0 Å². The average Bonchev–Trinajstić information content (AvgIpc) is 2.64. The van der Waals surface area contributed by atoms with Crippen molar-refractivity contribution in [1.29, 1.82) is 0 Å². The van der Waals surface area contributed by atoms with Gasteiger partial charge in [0.15, 0.2) is 0 Å². The molecule has 0 spiro atoms. The third-order valence-electron chi connectivity index (χ3n) is 4.28. The van der Waals surface area contributed by atoms with E-state index in [2.05, 4.69) is 0 Å². The number of alkyl halides is 25. The van der Waals surface area contributed by atoms with E-state index >= 15 is 0 Å². The monoisotopic (exact) mass is 740 g/mol. The van der Waals surface area contributed by atoms with E-state index in [1.54, 1.807) is 0 Å². The predicted octanol–water partition coefficient (Wildman–Crippen LogP) is 7.66. The Morgan fingerprint density at radius 2 is 0.342 bits per heavy atom. The topological polar surface area (TPSA) is 0 Å². The zero-order valence-electron chi connectivity index (χ0n) is 15.9. The van der Waals surface area contributed by atoms with Gasteiger partial charge in [0.25, 0.3) is 0 Å². The molecule has 0 aromatic rings.